The summed E-state index contributed by atoms with van der Waals surface area (Å²) in [6.07, 6.45) is 1.42. The van der Waals surface area contributed by atoms with Gasteiger partial charge in [-0.15, -0.1) is 0 Å². The second-order valence-electron chi connectivity index (χ2n) is 8.25. The highest BCUT2D eigenvalue weighted by Crippen LogP contribution is 2.29. The molecule has 6 heteroatoms. The van der Waals surface area contributed by atoms with Crippen molar-refractivity contribution < 1.29 is 14.6 Å². The van der Waals surface area contributed by atoms with Crippen LogP contribution in [0.15, 0.2) is 66.7 Å². The van der Waals surface area contributed by atoms with E-state index in [0.717, 1.165) is 54.9 Å². The summed E-state index contributed by atoms with van der Waals surface area (Å²) >= 11 is 0. The molecular formula is C27H27N3O3. The Kier molecular flexibility index (Phi) is 7.04. The highest BCUT2D eigenvalue weighted by atomic mass is 16.5. The molecule has 3 aromatic rings. The van der Waals surface area contributed by atoms with Crippen LogP contribution in [-0.2, 0) is 6.54 Å². The number of carbonyl (C=O) groups excluding carboxylic acids is 1. The molecule has 1 saturated heterocycles. The molecule has 33 heavy (non-hydrogen) atoms. The Labute approximate surface area is 194 Å². The Morgan fingerprint density at radius 2 is 1.73 bits per heavy atom. The Morgan fingerprint density at radius 3 is 2.36 bits per heavy atom. The maximum Gasteiger partial charge on any atom is 0.255 e. The highest BCUT2D eigenvalue weighted by molar-refractivity contribution is 6.04. The summed E-state index contributed by atoms with van der Waals surface area (Å²) < 4.78 is 5.58. The predicted molar refractivity (Wildman–Crippen MR) is 128 cm³/mol. The van der Waals surface area contributed by atoms with Gasteiger partial charge in [-0.1, -0.05) is 18.2 Å². The van der Waals surface area contributed by atoms with Crippen LogP contribution in [0.25, 0.3) is 11.1 Å². The van der Waals surface area contributed by atoms with E-state index in [1.54, 1.807) is 31.4 Å². The van der Waals surface area contributed by atoms with Crippen molar-refractivity contribution in [3.8, 4) is 22.9 Å². The lowest BCUT2D eigenvalue weighted by Crippen LogP contribution is -2.35. The van der Waals surface area contributed by atoms with Gasteiger partial charge in [0, 0.05) is 36.4 Å². The smallest absolute Gasteiger partial charge is 0.255 e. The van der Waals surface area contributed by atoms with E-state index >= 15 is 0 Å². The van der Waals surface area contributed by atoms with Gasteiger partial charge in [0.1, 0.15) is 5.75 Å². The third-order valence-corrected chi connectivity index (χ3v) is 5.98. The number of ether oxygens (including phenoxy) is 1. The minimum absolute atomic E-state index is 0.189. The molecule has 3 aromatic carbocycles. The average molecular weight is 442 g/mol. The fraction of sp³-hybridized carbons (Fsp3) is 0.259. The van der Waals surface area contributed by atoms with Crippen LogP contribution in [0.1, 0.15) is 34.3 Å². The molecule has 168 valence electrons. The molecule has 1 amide bonds. The first kappa shape index (κ1) is 22.5. The van der Waals surface area contributed by atoms with Gasteiger partial charge < -0.3 is 15.2 Å². The van der Waals surface area contributed by atoms with Crippen LogP contribution >= 0.6 is 0 Å². The molecule has 4 rings (SSSR count). The van der Waals surface area contributed by atoms with E-state index in [0.29, 0.717) is 16.8 Å². The normalized spacial score (nSPS) is 14.5. The second-order valence-corrected chi connectivity index (χ2v) is 8.25. The minimum atomic E-state index is -0.217. The number of amides is 1. The van der Waals surface area contributed by atoms with Gasteiger partial charge in [-0.05, 0) is 72.5 Å². The fourth-order valence-corrected chi connectivity index (χ4v) is 4.05. The van der Waals surface area contributed by atoms with Gasteiger partial charge in [-0.3, -0.25) is 9.69 Å². The summed E-state index contributed by atoms with van der Waals surface area (Å²) in [6.45, 7) is 2.53. The van der Waals surface area contributed by atoms with Crippen LogP contribution in [0.2, 0.25) is 0 Å². The first-order chi connectivity index (χ1) is 16.1. The van der Waals surface area contributed by atoms with E-state index in [1.807, 2.05) is 42.5 Å². The van der Waals surface area contributed by atoms with Gasteiger partial charge in [0.05, 0.1) is 24.8 Å². The number of carbonyl (C=O) groups is 1. The van der Waals surface area contributed by atoms with Crippen molar-refractivity contribution in [2.45, 2.75) is 25.5 Å². The third kappa shape index (κ3) is 5.58. The molecular weight excluding hydrogens is 414 g/mol. The molecule has 1 heterocycles. The van der Waals surface area contributed by atoms with E-state index in [-0.39, 0.29) is 12.0 Å². The van der Waals surface area contributed by atoms with Crippen LogP contribution in [0, 0.1) is 11.3 Å². The van der Waals surface area contributed by atoms with Gasteiger partial charge in [0.15, 0.2) is 0 Å². The number of rotatable bonds is 6. The van der Waals surface area contributed by atoms with Crippen molar-refractivity contribution >= 4 is 11.6 Å². The quantitative estimate of drug-likeness (QED) is 0.591. The molecule has 6 nitrogen and oxygen atoms in total. The Hall–Kier alpha value is -3.66. The van der Waals surface area contributed by atoms with Crippen molar-refractivity contribution in [3.63, 3.8) is 0 Å². The molecule has 0 bridgehead atoms. The molecule has 1 aliphatic rings. The van der Waals surface area contributed by atoms with Crippen molar-refractivity contribution in [3.05, 3.63) is 83.4 Å². The zero-order valence-electron chi connectivity index (χ0n) is 18.6. The molecule has 0 radical (unpaired) electrons. The SMILES string of the molecule is COc1ccc(-c2ccc(NC(=O)c3ccc(C#N)cc3)cc2)cc1CN1CCC(O)CC1. The number of benzene rings is 3. The number of methoxy groups -OCH3 is 1. The Balaban J connectivity index is 1.46. The highest BCUT2D eigenvalue weighted by Gasteiger charge is 2.18. The van der Waals surface area contributed by atoms with Crippen LogP contribution in [-0.4, -0.2) is 42.2 Å². The number of piperidine rings is 1. The van der Waals surface area contributed by atoms with Gasteiger partial charge in [0.2, 0.25) is 0 Å². The lowest BCUT2D eigenvalue weighted by Gasteiger charge is -2.30. The summed E-state index contributed by atoms with van der Waals surface area (Å²) in [4.78, 5) is 14.8. The van der Waals surface area contributed by atoms with E-state index < -0.39 is 0 Å². The molecule has 0 atom stereocenters. The first-order valence-electron chi connectivity index (χ1n) is 11.0. The first-order valence-corrected chi connectivity index (χ1v) is 11.0. The Bertz CT molecular complexity index is 1140. The van der Waals surface area contributed by atoms with E-state index in [9.17, 15) is 9.90 Å². The number of anilines is 1. The maximum absolute atomic E-state index is 12.5. The van der Waals surface area contributed by atoms with Crippen molar-refractivity contribution in [1.29, 1.82) is 5.26 Å². The average Bonchev–Trinajstić information content (AvgIpc) is 2.86. The van der Waals surface area contributed by atoms with Crippen molar-refractivity contribution in [2.24, 2.45) is 0 Å². The van der Waals surface area contributed by atoms with Crippen LogP contribution < -0.4 is 10.1 Å². The number of nitrogens with zero attached hydrogens (tertiary/aromatic N) is 2. The summed E-state index contributed by atoms with van der Waals surface area (Å²) in [5.74, 6) is 0.641. The van der Waals surface area contributed by atoms with Crippen LogP contribution in [0.3, 0.4) is 0 Å². The number of aliphatic hydroxyl groups is 1. The lowest BCUT2D eigenvalue weighted by atomic mass is 10.0. The van der Waals surface area contributed by atoms with Gasteiger partial charge >= 0.3 is 0 Å². The molecule has 1 fully saturated rings. The number of likely N-dealkylation sites (tertiary alicyclic amines) is 1. The molecule has 0 aromatic heterocycles. The zero-order valence-corrected chi connectivity index (χ0v) is 18.6. The minimum Gasteiger partial charge on any atom is -0.496 e. The lowest BCUT2D eigenvalue weighted by molar-refractivity contribution is 0.0789. The number of aliphatic hydroxyl groups excluding tert-OH is 1. The Morgan fingerprint density at radius 1 is 1.06 bits per heavy atom. The summed E-state index contributed by atoms with van der Waals surface area (Å²) in [5.41, 5.74) is 4.96. The molecule has 1 aliphatic heterocycles. The van der Waals surface area contributed by atoms with Crippen molar-refractivity contribution in [1.82, 2.24) is 4.90 Å². The zero-order chi connectivity index (χ0) is 23.2. The summed E-state index contributed by atoms with van der Waals surface area (Å²) in [7, 11) is 1.68. The van der Waals surface area contributed by atoms with E-state index in [4.69, 9.17) is 10.00 Å². The summed E-state index contributed by atoms with van der Waals surface area (Å²) in [5, 5.41) is 21.5. The number of nitriles is 1. The van der Waals surface area contributed by atoms with Gasteiger partial charge in [0.25, 0.3) is 5.91 Å². The van der Waals surface area contributed by atoms with E-state index in [1.165, 1.54) is 0 Å². The molecule has 2 N–H and O–H groups in total. The van der Waals surface area contributed by atoms with Crippen LogP contribution in [0.5, 0.6) is 5.75 Å². The van der Waals surface area contributed by atoms with E-state index in [2.05, 4.69) is 16.3 Å². The molecule has 0 aliphatic carbocycles. The largest absolute Gasteiger partial charge is 0.496 e. The fourth-order valence-electron chi connectivity index (χ4n) is 4.05. The van der Waals surface area contributed by atoms with Crippen molar-refractivity contribution in [2.75, 3.05) is 25.5 Å². The predicted octanol–water partition coefficient (Wildman–Crippen LogP) is 4.44. The number of nitrogens with one attached hydrogen (secondary N) is 1. The third-order valence-electron chi connectivity index (χ3n) is 5.98. The number of hydrogen-bond donors (Lipinski definition) is 2. The second kappa shape index (κ2) is 10.3. The number of hydrogen-bond acceptors (Lipinski definition) is 5. The van der Waals surface area contributed by atoms with Crippen LogP contribution in [0.4, 0.5) is 5.69 Å². The summed E-state index contributed by atoms with van der Waals surface area (Å²) in [6, 6.07) is 22.5. The maximum atomic E-state index is 12.5. The van der Waals surface area contributed by atoms with Gasteiger partial charge in [-0.2, -0.15) is 5.26 Å². The monoisotopic (exact) mass is 441 g/mol. The van der Waals surface area contributed by atoms with Gasteiger partial charge in [-0.25, -0.2) is 0 Å². The standard InChI is InChI=1S/C27H27N3O3/c1-33-26-11-8-22(16-23(26)18-30-14-12-25(31)13-15-30)20-6-9-24(10-7-20)29-27(32)21-4-2-19(17-28)3-5-21/h2-11,16,25,31H,12-15,18H2,1H3,(H,29,32). The molecule has 0 spiro atoms. The topological polar surface area (TPSA) is 85.6 Å². The molecule has 0 unspecified atom stereocenters. The molecule has 0 saturated carbocycles.